The molecule has 0 fully saturated rings. The fourth-order valence-electron chi connectivity index (χ4n) is 1.95. The Kier molecular flexibility index (Phi) is 6.91. The van der Waals surface area contributed by atoms with E-state index in [2.05, 4.69) is 5.32 Å². The van der Waals surface area contributed by atoms with Crippen LogP contribution in [0.2, 0.25) is 0 Å². The average molecular weight is 257 g/mol. The first-order valence-corrected chi connectivity index (χ1v) is 6.58. The van der Waals surface area contributed by atoms with Gasteiger partial charge in [-0.3, -0.25) is 9.59 Å². The van der Waals surface area contributed by atoms with Gasteiger partial charge in [-0.1, -0.05) is 6.92 Å². The first kappa shape index (κ1) is 16.9. The third-order valence-corrected chi connectivity index (χ3v) is 2.99. The second-order valence-electron chi connectivity index (χ2n) is 4.88. The highest BCUT2D eigenvalue weighted by Crippen LogP contribution is 2.07. The molecule has 0 radical (unpaired) electrons. The zero-order valence-electron chi connectivity index (χ0n) is 12.5. The first-order chi connectivity index (χ1) is 8.30. The summed E-state index contributed by atoms with van der Waals surface area (Å²) in [5.74, 6) is -0.0759. The molecular weight excluding hydrogens is 230 g/mol. The molecular formula is C13H27N3O2. The minimum Gasteiger partial charge on any atom is -0.342 e. The van der Waals surface area contributed by atoms with Crippen LogP contribution in [0.1, 0.15) is 34.6 Å². The van der Waals surface area contributed by atoms with Crippen molar-refractivity contribution in [2.24, 2.45) is 0 Å². The third-order valence-electron chi connectivity index (χ3n) is 2.99. The zero-order valence-corrected chi connectivity index (χ0v) is 12.5. The SMILES string of the molecule is CCNC(C)(C)C(=O)N(C)CC(=O)N(CC)CC. The average Bonchev–Trinajstić information content (AvgIpc) is 2.29. The maximum Gasteiger partial charge on any atom is 0.242 e. The quantitative estimate of drug-likeness (QED) is 0.730. The second kappa shape index (κ2) is 7.36. The molecule has 0 saturated carbocycles. The summed E-state index contributed by atoms with van der Waals surface area (Å²) in [4.78, 5) is 27.3. The van der Waals surface area contributed by atoms with Gasteiger partial charge in [0.1, 0.15) is 0 Å². The van der Waals surface area contributed by atoms with Crippen molar-refractivity contribution in [3.63, 3.8) is 0 Å². The number of nitrogens with one attached hydrogen (secondary N) is 1. The molecule has 0 spiro atoms. The van der Waals surface area contributed by atoms with Crippen LogP contribution in [0.5, 0.6) is 0 Å². The molecule has 2 amide bonds. The predicted octanol–water partition coefficient (Wildman–Crippen LogP) is 0.701. The van der Waals surface area contributed by atoms with Gasteiger partial charge in [0, 0.05) is 20.1 Å². The summed E-state index contributed by atoms with van der Waals surface area (Å²) in [6.07, 6.45) is 0. The highest BCUT2D eigenvalue weighted by atomic mass is 16.2. The van der Waals surface area contributed by atoms with Gasteiger partial charge in [-0.15, -0.1) is 0 Å². The van der Waals surface area contributed by atoms with Crippen LogP contribution >= 0.6 is 0 Å². The van der Waals surface area contributed by atoms with Gasteiger partial charge in [0.05, 0.1) is 12.1 Å². The van der Waals surface area contributed by atoms with E-state index in [0.29, 0.717) is 13.1 Å². The lowest BCUT2D eigenvalue weighted by molar-refractivity contribution is -0.142. The Morgan fingerprint density at radius 1 is 1.11 bits per heavy atom. The minimum atomic E-state index is -0.632. The number of carbonyl (C=O) groups is 2. The minimum absolute atomic E-state index is 0.0110. The summed E-state index contributed by atoms with van der Waals surface area (Å²) < 4.78 is 0. The van der Waals surface area contributed by atoms with Gasteiger partial charge in [-0.2, -0.15) is 0 Å². The van der Waals surface area contributed by atoms with Crippen LogP contribution in [0.15, 0.2) is 0 Å². The molecule has 5 heteroatoms. The van der Waals surface area contributed by atoms with Crippen LogP contribution in [0, 0.1) is 0 Å². The van der Waals surface area contributed by atoms with Gasteiger partial charge in [-0.05, 0) is 34.2 Å². The van der Waals surface area contributed by atoms with Gasteiger partial charge in [0.15, 0.2) is 0 Å². The van der Waals surface area contributed by atoms with Gasteiger partial charge >= 0.3 is 0 Å². The second-order valence-corrected chi connectivity index (χ2v) is 4.88. The molecule has 0 atom stereocenters. The van der Waals surface area contributed by atoms with E-state index >= 15 is 0 Å². The molecule has 0 aromatic heterocycles. The molecule has 0 aliphatic heterocycles. The molecule has 5 nitrogen and oxygen atoms in total. The van der Waals surface area contributed by atoms with E-state index in [1.807, 2.05) is 34.6 Å². The lowest BCUT2D eigenvalue weighted by Crippen LogP contribution is -2.54. The number of hydrogen-bond donors (Lipinski definition) is 1. The Morgan fingerprint density at radius 3 is 2.00 bits per heavy atom. The van der Waals surface area contributed by atoms with E-state index < -0.39 is 5.54 Å². The number of carbonyl (C=O) groups excluding carboxylic acids is 2. The number of rotatable bonds is 7. The highest BCUT2D eigenvalue weighted by Gasteiger charge is 2.30. The van der Waals surface area contributed by atoms with Crippen molar-refractivity contribution in [3.8, 4) is 0 Å². The Morgan fingerprint density at radius 2 is 1.61 bits per heavy atom. The molecule has 0 saturated heterocycles. The van der Waals surface area contributed by atoms with Crippen molar-refractivity contribution < 1.29 is 9.59 Å². The highest BCUT2D eigenvalue weighted by molar-refractivity contribution is 5.89. The summed E-state index contributed by atoms with van der Waals surface area (Å²) in [5, 5.41) is 3.12. The van der Waals surface area contributed by atoms with Crippen LogP contribution < -0.4 is 5.32 Å². The lowest BCUT2D eigenvalue weighted by atomic mass is 10.0. The van der Waals surface area contributed by atoms with Crippen LogP contribution in [0.3, 0.4) is 0 Å². The Balaban J connectivity index is 4.53. The number of amides is 2. The van der Waals surface area contributed by atoms with Gasteiger partial charge in [0.25, 0.3) is 0 Å². The smallest absolute Gasteiger partial charge is 0.242 e. The van der Waals surface area contributed by atoms with E-state index in [-0.39, 0.29) is 18.4 Å². The Labute approximate surface area is 111 Å². The molecule has 18 heavy (non-hydrogen) atoms. The molecule has 0 rings (SSSR count). The maximum absolute atomic E-state index is 12.2. The van der Waals surface area contributed by atoms with Crippen molar-refractivity contribution >= 4 is 11.8 Å². The lowest BCUT2D eigenvalue weighted by Gasteiger charge is -2.31. The number of nitrogens with zero attached hydrogens (tertiary/aromatic N) is 2. The molecule has 1 N–H and O–H groups in total. The van der Waals surface area contributed by atoms with Crippen molar-refractivity contribution in [2.45, 2.75) is 40.2 Å². The summed E-state index contributed by atoms with van der Waals surface area (Å²) in [5.41, 5.74) is -0.632. The number of likely N-dealkylation sites (N-methyl/N-ethyl adjacent to an activating group) is 3. The Hall–Kier alpha value is -1.10. The fourth-order valence-corrected chi connectivity index (χ4v) is 1.95. The molecule has 0 heterocycles. The molecule has 0 aromatic rings. The monoisotopic (exact) mass is 257 g/mol. The van der Waals surface area contributed by atoms with Crippen molar-refractivity contribution in [2.75, 3.05) is 33.2 Å². The topological polar surface area (TPSA) is 52.7 Å². The molecule has 106 valence electrons. The van der Waals surface area contributed by atoms with Crippen LogP contribution in [-0.4, -0.2) is 60.4 Å². The molecule has 0 aliphatic carbocycles. The van der Waals surface area contributed by atoms with E-state index in [1.165, 1.54) is 4.90 Å². The van der Waals surface area contributed by atoms with Crippen molar-refractivity contribution in [3.05, 3.63) is 0 Å². The summed E-state index contributed by atoms with van der Waals surface area (Å²) >= 11 is 0. The van der Waals surface area contributed by atoms with E-state index in [4.69, 9.17) is 0 Å². The van der Waals surface area contributed by atoms with E-state index in [0.717, 1.165) is 6.54 Å². The van der Waals surface area contributed by atoms with E-state index in [9.17, 15) is 9.59 Å². The predicted molar refractivity (Wildman–Crippen MR) is 73.3 cm³/mol. The standard InChI is InChI=1S/C13H27N3O2/c1-7-14-13(4,5)12(18)15(6)10-11(17)16(8-2)9-3/h14H,7-10H2,1-6H3. The fraction of sp³-hybridized carbons (Fsp3) is 0.846. The summed E-state index contributed by atoms with van der Waals surface area (Å²) in [6, 6.07) is 0. The summed E-state index contributed by atoms with van der Waals surface area (Å²) in [6.45, 7) is 11.7. The third kappa shape index (κ3) is 4.64. The molecule has 0 aliphatic rings. The molecule has 0 unspecified atom stereocenters. The van der Waals surface area contributed by atoms with Crippen molar-refractivity contribution in [1.29, 1.82) is 0 Å². The maximum atomic E-state index is 12.2. The zero-order chi connectivity index (χ0) is 14.3. The van der Waals surface area contributed by atoms with Crippen LogP contribution in [-0.2, 0) is 9.59 Å². The Bertz CT molecular complexity index is 286. The first-order valence-electron chi connectivity index (χ1n) is 6.58. The van der Waals surface area contributed by atoms with Crippen LogP contribution in [0.4, 0.5) is 0 Å². The van der Waals surface area contributed by atoms with Crippen molar-refractivity contribution in [1.82, 2.24) is 15.1 Å². The van der Waals surface area contributed by atoms with E-state index in [1.54, 1.807) is 11.9 Å². The van der Waals surface area contributed by atoms with Crippen LogP contribution in [0.25, 0.3) is 0 Å². The summed E-state index contributed by atoms with van der Waals surface area (Å²) in [7, 11) is 1.67. The molecule has 0 aromatic carbocycles. The number of hydrogen-bond acceptors (Lipinski definition) is 3. The normalized spacial score (nSPS) is 11.2. The largest absolute Gasteiger partial charge is 0.342 e. The van der Waals surface area contributed by atoms with Gasteiger partial charge in [-0.25, -0.2) is 0 Å². The van der Waals surface area contributed by atoms with Gasteiger partial charge < -0.3 is 15.1 Å². The molecule has 0 bridgehead atoms. The van der Waals surface area contributed by atoms with Gasteiger partial charge in [0.2, 0.25) is 11.8 Å².